The van der Waals surface area contributed by atoms with Gasteiger partial charge in [-0.3, -0.25) is 9.69 Å². The topological polar surface area (TPSA) is 49.8 Å². The van der Waals surface area contributed by atoms with Crippen molar-refractivity contribution in [3.63, 3.8) is 0 Å². The monoisotopic (exact) mass is 227 g/mol. The number of carboxylic acid groups (broad SMARTS) is 1. The lowest BCUT2D eigenvalue weighted by atomic mass is 10.1. The molecule has 1 atom stereocenters. The van der Waals surface area contributed by atoms with Crippen molar-refractivity contribution in [2.75, 3.05) is 26.3 Å². The van der Waals surface area contributed by atoms with Gasteiger partial charge in [-0.2, -0.15) is 11.3 Å². The molecule has 1 aliphatic heterocycles. The highest BCUT2D eigenvalue weighted by atomic mass is 32.1. The maximum atomic E-state index is 11.2. The summed E-state index contributed by atoms with van der Waals surface area (Å²) in [7, 11) is 0. The van der Waals surface area contributed by atoms with Crippen LogP contribution in [0.2, 0.25) is 0 Å². The van der Waals surface area contributed by atoms with E-state index in [4.69, 9.17) is 4.74 Å². The molecule has 1 aromatic rings. The quantitative estimate of drug-likeness (QED) is 0.843. The minimum Gasteiger partial charge on any atom is -0.480 e. The summed E-state index contributed by atoms with van der Waals surface area (Å²) in [5.74, 6) is -0.782. The lowest BCUT2D eigenvalue weighted by Gasteiger charge is -2.31. The third kappa shape index (κ3) is 2.37. The van der Waals surface area contributed by atoms with Crippen molar-refractivity contribution in [2.45, 2.75) is 6.04 Å². The largest absolute Gasteiger partial charge is 0.480 e. The van der Waals surface area contributed by atoms with Crippen LogP contribution in [0.4, 0.5) is 0 Å². The molecule has 0 radical (unpaired) electrons. The molecule has 1 saturated heterocycles. The van der Waals surface area contributed by atoms with Crippen LogP contribution in [0, 0.1) is 0 Å². The molecule has 1 aromatic heterocycles. The van der Waals surface area contributed by atoms with Gasteiger partial charge in [0.1, 0.15) is 6.04 Å². The van der Waals surface area contributed by atoms with E-state index in [-0.39, 0.29) is 0 Å². The molecule has 0 amide bonds. The average Bonchev–Trinajstić information content (AvgIpc) is 2.72. The van der Waals surface area contributed by atoms with Gasteiger partial charge in [0.25, 0.3) is 0 Å². The molecule has 0 bridgehead atoms. The highest BCUT2D eigenvalue weighted by Gasteiger charge is 2.28. The van der Waals surface area contributed by atoms with Crippen LogP contribution in [0.5, 0.6) is 0 Å². The van der Waals surface area contributed by atoms with Crippen LogP contribution in [0.1, 0.15) is 11.6 Å². The predicted molar refractivity (Wildman–Crippen MR) is 57.1 cm³/mol. The zero-order valence-electron chi connectivity index (χ0n) is 8.26. The molecule has 2 rings (SSSR count). The SMILES string of the molecule is O=C(O)[C@H](c1ccsc1)N1CCOCC1. The summed E-state index contributed by atoms with van der Waals surface area (Å²) in [4.78, 5) is 13.2. The van der Waals surface area contributed by atoms with Gasteiger partial charge >= 0.3 is 5.97 Å². The number of nitrogens with zero attached hydrogens (tertiary/aromatic N) is 1. The van der Waals surface area contributed by atoms with E-state index < -0.39 is 12.0 Å². The van der Waals surface area contributed by atoms with E-state index >= 15 is 0 Å². The molecule has 0 unspecified atom stereocenters. The Morgan fingerprint density at radius 1 is 1.53 bits per heavy atom. The zero-order chi connectivity index (χ0) is 10.7. The molecule has 0 aromatic carbocycles. The van der Waals surface area contributed by atoms with E-state index in [9.17, 15) is 9.90 Å². The lowest BCUT2D eigenvalue weighted by molar-refractivity contribution is -0.145. The van der Waals surface area contributed by atoms with Gasteiger partial charge < -0.3 is 9.84 Å². The molecular formula is C10H13NO3S. The fraction of sp³-hybridized carbons (Fsp3) is 0.500. The minimum absolute atomic E-state index is 0.514. The number of carboxylic acids is 1. The van der Waals surface area contributed by atoms with E-state index in [0.717, 1.165) is 5.56 Å². The van der Waals surface area contributed by atoms with E-state index in [2.05, 4.69) is 0 Å². The first-order chi connectivity index (χ1) is 7.29. The molecule has 0 saturated carbocycles. The summed E-state index contributed by atoms with van der Waals surface area (Å²) in [6, 6.07) is 1.36. The number of morpholine rings is 1. The predicted octanol–water partition coefficient (Wildman–Crippen LogP) is 1.21. The summed E-state index contributed by atoms with van der Waals surface area (Å²) >= 11 is 1.53. The Balaban J connectivity index is 2.15. The Morgan fingerprint density at radius 2 is 2.27 bits per heavy atom. The summed E-state index contributed by atoms with van der Waals surface area (Å²) in [5.41, 5.74) is 0.870. The molecular weight excluding hydrogens is 214 g/mol. The highest BCUT2D eigenvalue weighted by molar-refractivity contribution is 7.08. The third-order valence-corrected chi connectivity index (χ3v) is 3.21. The first-order valence-electron chi connectivity index (χ1n) is 4.86. The summed E-state index contributed by atoms with van der Waals surface area (Å²) in [5, 5.41) is 13.0. The molecule has 4 nitrogen and oxygen atoms in total. The van der Waals surface area contributed by atoms with Gasteiger partial charge in [-0.1, -0.05) is 0 Å². The van der Waals surface area contributed by atoms with E-state index in [1.165, 1.54) is 11.3 Å². The van der Waals surface area contributed by atoms with Crippen molar-refractivity contribution in [1.29, 1.82) is 0 Å². The summed E-state index contributed by atoms with van der Waals surface area (Å²) in [6.45, 7) is 2.61. The van der Waals surface area contributed by atoms with Gasteiger partial charge in [-0.25, -0.2) is 0 Å². The fourth-order valence-corrected chi connectivity index (χ4v) is 2.45. The van der Waals surface area contributed by atoms with Gasteiger partial charge in [-0.05, 0) is 22.4 Å². The van der Waals surface area contributed by atoms with Crippen molar-refractivity contribution < 1.29 is 14.6 Å². The van der Waals surface area contributed by atoms with Crippen LogP contribution in [0.3, 0.4) is 0 Å². The average molecular weight is 227 g/mol. The van der Waals surface area contributed by atoms with Crippen molar-refractivity contribution in [3.05, 3.63) is 22.4 Å². The Kier molecular flexibility index (Phi) is 3.35. The van der Waals surface area contributed by atoms with Crippen molar-refractivity contribution in [2.24, 2.45) is 0 Å². The van der Waals surface area contributed by atoms with E-state index in [1.54, 1.807) is 0 Å². The van der Waals surface area contributed by atoms with Crippen LogP contribution in [-0.4, -0.2) is 42.3 Å². The number of aliphatic carboxylic acids is 1. The number of thiophene rings is 1. The number of carbonyl (C=O) groups is 1. The van der Waals surface area contributed by atoms with Crippen molar-refractivity contribution >= 4 is 17.3 Å². The van der Waals surface area contributed by atoms with Gasteiger partial charge in [0.15, 0.2) is 0 Å². The minimum atomic E-state index is -0.782. The van der Waals surface area contributed by atoms with Crippen molar-refractivity contribution in [3.8, 4) is 0 Å². The Morgan fingerprint density at radius 3 is 2.80 bits per heavy atom. The zero-order valence-corrected chi connectivity index (χ0v) is 9.07. The second-order valence-electron chi connectivity index (χ2n) is 3.45. The number of ether oxygens (including phenoxy) is 1. The highest BCUT2D eigenvalue weighted by Crippen LogP contribution is 2.23. The molecule has 1 N–H and O–H groups in total. The fourth-order valence-electron chi connectivity index (χ4n) is 1.78. The molecule has 15 heavy (non-hydrogen) atoms. The maximum Gasteiger partial charge on any atom is 0.325 e. The van der Waals surface area contributed by atoms with Gasteiger partial charge in [0, 0.05) is 13.1 Å². The molecule has 82 valence electrons. The van der Waals surface area contributed by atoms with Crippen LogP contribution in [-0.2, 0) is 9.53 Å². The van der Waals surface area contributed by atoms with Crippen LogP contribution >= 0.6 is 11.3 Å². The first-order valence-corrected chi connectivity index (χ1v) is 5.80. The molecule has 5 heteroatoms. The second kappa shape index (κ2) is 4.74. The van der Waals surface area contributed by atoms with Crippen molar-refractivity contribution in [1.82, 2.24) is 4.90 Å². The Hall–Kier alpha value is -0.910. The summed E-state index contributed by atoms with van der Waals surface area (Å²) in [6.07, 6.45) is 0. The Labute approximate surface area is 92.1 Å². The number of hydrogen-bond donors (Lipinski definition) is 1. The normalized spacial score (nSPS) is 20.0. The van der Waals surface area contributed by atoms with Gasteiger partial charge in [0.05, 0.1) is 13.2 Å². The van der Waals surface area contributed by atoms with Gasteiger partial charge in [0.2, 0.25) is 0 Å². The molecule has 0 aliphatic carbocycles. The summed E-state index contributed by atoms with van der Waals surface area (Å²) < 4.78 is 5.21. The lowest BCUT2D eigenvalue weighted by Crippen LogP contribution is -2.42. The molecule has 1 aliphatic rings. The van der Waals surface area contributed by atoms with E-state index in [1.807, 2.05) is 21.7 Å². The number of hydrogen-bond acceptors (Lipinski definition) is 4. The third-order valence-electron chi connectivity index (χ3n) is 2.50. The van der Waals surface area contributed by atoms with Crippen LogP contribution in [0.25, 0.3) is 0 Å². The number of rotatable bonds is 3. The molecule has 0 spiro atoms. The maximum absolute atomic E-state index is 11.2. The first kappa shape index (κ1) is 10.6. The Bertz CT molecular complexity index is 319. The van der Waals surface area contributed by atoms with Crippen LogP contribution < -0.4 is 0 Å². The molecule has 2 heterocycles. The standard InChI is InChI=1S/C10H13NO3S/c12-10(13)9(8-1-6-15-7-8)11-2-4-14-5-3-11/h1,6-7,9H,2-5H2,(H,12,13)/t9-/m0/s1. The van der Waals surface area contributed by atoms with Crippen LogP contribution in [0.15, 0.2) is 16.8 Å². The molecule has 1 fully saturated rings. The smallest absolute Gasteiger partial charge is 0.325 e. The van der Waals surface area contributed by atoms with Gasteiger partial charge in [-0.15, -0.1) is 0 Å². The van der Waals surface area contributed by atoms with E-state index in [0.29, 0.717) is 26.3 Å². The second-order valence-corrected chi connectivity index (χ2v) is 4.23.